The monoisotopic (exact) mass is 346 g/mol. The number of hydrogen-bond donors (Lipinski definition) is 0. The molecule has 0 unspecified atom stereocenters. The molecule has 0 N–H and O–H groups in total. The maximum atomic E-state index is 12.8. The molecule has 0 aliphatic rings. The Morgan fingerprint density at radius 1 is 1.43 bits per heavy atom. The summed E-state index contributed by atoms with van der Waals surface area (Å²) in [4.78, 5) is 7.39. The van der Waals surface area contributed by atoms with Crippen LogP contribution in [0, 0.1) is 12.3 Å². The third kappa shape index (κ3) is 3.78. The van der Waals surface area contributed by atoms with Gasteiger partial charge in [-0.05, 0) is 6.07 Å². The highest BCUT2D eigenvalue weighted by Crippen LogP contribution is 2.31. The second-order valence-corrected chi connectivity index (χ2v) is 6.20. The molecule has 2 aromatic heterocycles. The van der Waals surface area contributed by atoms with Crippen LogP contribution in [0.1, 0.15) is 5.69 Å². The predicted octanol–water partition coefficient (Wildman–Crippen LogP) is 1.10. The molecule has 0 spiro atoms. The SMILES string of the molecule is C#CCOc1cc(C(F)(F)F)nn1-c1nccc(S(C)(=O)=O)n1. The third-order valence-corrected chi connectivity index (χ3v) is 3.44. The van der Waals surface area contributed by atoms with Crippen molar-refractivity contribution in [1.82, 2.24) is 19.7 Å². The van der Waals surface area contributed by atoms with Crippen LogP contribution < -0.4 is 4.74 Å². The first-order valence-corrected chi connectivity index (χ1v) is 7.79. The van der Waals surface area contributed by atoms with Crippen molar-refractivity contribution in [3.8, 4) is 24.2 Å². The van der Waals surface area contributed by atoms with Crippen LogP contribution in [0.3, 0.4) is 0 Å². The summed E-state index contributed by atoms with van der Waals surface area (Å²) in [6.07, 6.45) is 2.26. The second kappa shape index (κ2) is 5.88. The molecule has 122 valence electrons. The number of alkyl halides is 3. The topological polar surface area (TPSA) is 87.0 Å². The molecule has 2 aromatic rings. The molecule has 23 heavy (non-hydrogen) atoms. The minimum Gasteiger partial charge on any atom is -0.464 e. The normalized spacial score (nSPS) is 12.0. The lowest BCUT2D eigenvalue weighted by molar-refractivity contribution is -0.141. The van der Waals surface area contributed by atoms with E-state index in [9.17, 15) is 21.6 Å². The molecule has 2 heterocycles. The average Bonchev–Trinajstić information content (AvgIpc) is 2.88. The number of hydrogen-bond acceptors (Lipinski definition) is 6. The van der Waals surface area contributed by atoms with Gasteiger partial charge in [0.2, 0.25) is 5.88 Å². The molecule has 0 radical (unpaired) electrons. The van der Waals surface area contributed by atoms with Crippen LogP contribution in [-0.4, -0.2) is 41.0 Å². The lowest BCUT2D eigenvalue weighted by Gasteiger charge is -2.06. The molecule has 11 heteroatoms. The van der Waals surface area contributed by atoms with E-state index in [-0.39, 0.29) is 17.5 Å². The summed E-state index contributed by atoms with van der Waals surface area (Å²) < 4.78 is 66.9. The van der Waals surface area contributed by atoms with Gasteiger partial charge in [0.25, 0.3) is 5.95 Å². The number of aromatic nitrogens is 4. The maximum Gasteiger partial charge on any atom is 0.435 e. The van der Waals surface area contributed by atoms with E-state index in [2.05, 4.69) is 21.0 Å². The minimum absolute atomic E-state index is 0.311. The first-order valence-electron chi connectivity index (χ1n) is 5.90. The maximum absolute atomic E-state index is 12.8. The number of terminal acetylenes is 1. The van der Waals surface area contributed by atoms with Gasteiger partial charge in [-0.3, -0.25) is 0 Å². The number of ether oxygens (including phenoxy) is 1. The summed E-state index contributed by atoms with van der Waals surface area (Å²) in [5.74, 6) is 1.34. The van der Waals surface area contributed by atoms with Crippen LogP contribution in [0.4, 0.5) is 13.2 Å². The van der Waals surface area contributed by atoms with Gasteiger partial charge in [0.05, 0.1) is 0 Å². The number of nitrogens with zero attached hydrogens (tertiary/aromatic N) is 4. The van der Waals surface area contributed by atoms with Gasteiger partial charge in [0.1, 0.15) is 0 Å². The van der Waals surface area contributed by atoms with Crippen molar-refractivity contribution in [2.24, 2.45) is 0 Å². The summed E-state index contributed by atoms with van der Waals surface area (Å²) in [6.45, 7) is -0.311. The summed E-state index contributed by atoms with van der Waals surface area (Å²) in [7, 11) is -3.67. The average molecular weight is 346 g/mol. The molecule has 0 aliphatic heterocycles. The lowest BCUT2D eigenvalue weighted by atomic mass is 10.4. The van der Waals surface area contributed by atoms with Crippen LogP contribution in [0.25, 0.3) is 5.95 Å². The van der Waals surface area contributed by atoms with E-state index in [0.717, 1.165) is 18.5 Å². The van der Waals surface area contributed by atoms with Gasteiger partial charge in [-0.2, -0.15) is 27.9 Å². The minimum atomic E-state index is -4.73. The standard InChI is InChI=1S/C12H9F3N4O3S/c1-3-6-22-10-7-8(12(13,14)15)18-19(10)11-16-5-4-9(17-11)23(2,20)21/h1,4-5,7H,6H2,2H3. The van der Waals surface area contributed by atoms with E-state index in [0.29, 0.717) is 10.7 Å². The van der Waals surface area contributed by atoms with E-state index in [4.69, 9.17) is 11.2 Å². The fraction of sp³-hybridized carbons (Fsp3) is 0.250. The fourth-order valence-electron chi connectivity index (χ4n) is 1.51. The van der Waals surface area contributed by atoms with Crippen molar-refractivity contribution in [3.05, 3.63) is 24.0 Å². The Hall–Kier alpha value is -2.61. The molecule has 0 saturated carbocycles. The molecular weight excluding hydrogens is 337 g/mol. The van der Waals surface area contributed by atoms with Crippen LogP contribution in [0.5, 0.6) is 5.88 Å². The Kier molecular flexibility index (Phi) is 4.28. The highest BCUT2D eigenvalue weighted by molar-refractivity contribution is 7.90. The Morgan fingerprint density at radius 3 is 2.70 bits per heavy atom. The second-order valence-electron chi connectivity index (χ2n) is 4.24. The molecule has 0 bridgehead atoms. The number of halogens is 3. The summed E-state index contributed by atoms with van der Waals surface area (Å²) >= 11 is 0. The molecule has 7 nitrogen and oxygen atoms in total. The predicted molar refractivity (Wildman–Crippen MR) is 71.6 cm³/mol. The Morgan fingerprint density at radius 2 is 2.13 bits per heavy atom. The highest BCUT2D eigenvalue weighted by Gasteiger charge is 2.36. The van der Waals surface area contributed by atoms with Crippen LogP contribution >= 0.6 is 0 Å². The van der Waals surface area contributed by atoms with Crippen molar-refractivity contribution >= 4 is 9.84 Å². The summed E-state index contributed by atoms with van der Waals surface area (Å²) in [5.41, 5.74) is -1.25. The van der Waals surface area contributed by atoms with Gasteiger partial charge in [-0.25, -0.2) is 13.4 Å². The van der Waals surface area contributed by atoms with E-state index < -0.39 is 27.7 Å². The van der Waals surface area contributed by atoms with Gasteiger partial charge in [-0.15, -0.1) is 6.42 Å². The van der Waals surface area contributed by atoms with E-state index in [1.54, 1.807) is 0 Å². The fourth-order valence-corrected chi connectivity index (χ4v) is 2.06. The van der Waals surface area contributed by atoms with Gasteiger partial charge >= 0.3 is 6.18 Å². The number of rotatable bonds is 4. The summed E-state index contributed by atoms with van der Waals surface area (Å²) in [6, 6.07) is 1.72. The van der Waals surface area contributed by atoms with E-state index in [1.165, 1.54) is 0 Å². The first kappa shape index (κ1) is 16.8. The zero-order chi connectivity index (χ0) is 17.3. The molecule has 0 saturated heterocycles. The molecule has 2 rings (SSSR count). The molecule has 0 amide bonds. The molecule has 0 aromatic carbocycles. The van der Waals surface area contributed by atoms with Gasteiger partial charge in [0.15, 0.2) is 27.2 Å². The smallest absolute Gasteiger partial charge is 0.435 e. The lowest BCUT2D eigenvalue weighted by Crippen LogP contribution is -2.11. The zero-order valence-corrected chi connectivity index (χ0v) is 12.4. The quantitative estimate of drug-likeness (QED) is 0.609. The third-order valence-electron chi connectivity index (χ3n) is 2.46. The molecular formula is C12H9F3N4O3S. The molecule has 0 aliphatic carbocycles. The van der Waals surface area contributed by atoms with Crippen molar-refractivity contribution in [2.75, 3.05) is 12.9 Å². The van der Waals surface area contributed by atoms with E-state index in [1.807, 2.05) is 0 Å². The molecule has 0 atom stereocenters. The van der Waals surface area contributed by atoms with Gasteiger partial charge in [-0.1, -0.05) is 5.92 Å². The van der Waals surface area contributed by atoms with Crippen LogP contribution in [0.15, 0.2) is 23.4 Å². The highest BCUT2D eigenvalue weighted by atomic mass is 32.2. The Balaban J connectivity index is 2.58. The van der Waals surface area contributed by atoms with Crippen molar-refractivity contribution in [3.63, 3.8) is 0 Å². The van der Waals surface area contributed by atoms with Gasteiger partial charge in [0, 0.05) is 18.5 Å². The number of sulfone groups is 1. The van der Waals surface area contributed by atoms with Crippen LogP contribution in [-0.2, 0) is 16.0 Å². The zero-order valence-electron chi connectivity index (χ0n) is 11.6. The van der Waals surface area contributed by atoms with Crippen molar-refractivity contribution < 1.29 is 26.3 Å². The Bertz CT molecular complexity index is 868. The van der Waals surface area contributed by atoms with Crippen molar-refractivity contribution in [1.29, 1.82) is 0 Å². The molecule has 0 fully saturated rings. The van der Waals surface area contributed by atoms with Crippen LogP contribution in [0.2, 0.25) is 0 Å². The Labute approximate surface area is 129 Å². The summed E-state index contributed by atoms with van der Waals surface area (Å²) in [5, 5.41) is 2.94. The van der Waals surface area contributed by atoms with Gasteiger partial charge < -0.3 is 4.74 Å². The van der Waals surface area contributed by atoms with E-state index >= 15 is 0 Å². The first-order chi connectivity index (χ1) is 10.6. The van der Waals surface area contributed by atoms with Crippen molar-refractivity contribution in [2.45, 2.75) is 11.2 Å². The largest absolute Gasteiger partial charge is 0.464 e.